The molecule has 1 aliphatic rings. The molecule has 0 aliphatic heterocycles. The number of hydrogen-bond acceptors (Lipinski definition) is 6. The summed E-state index contributed by atoms with van der Waals surface area (Å²) in [5.41, 5.74) is 2.83. The normalized spacial score (nSPS) is 14.3. The van der Waals surface area contributed by atoms with Gasteiger partial charge in [0.2, 0.25) is 5.91 Å². The highest BCUT2D eigenvalue weighted by Crippen LogP contribution is 2.35. The van der Waals surface area contributed by atoms with Crippen molar-refractivity contribution in [3.63, 3.8) is 0 Å². The van der Waals surface area contributed by atoms with Gasteiger partial charge in [-0.25, -0.2) is 4.79 Å². The fourth-order valence-electron chi connectivity index (χ4n) is 4.09. The van der Waals surface area contributed by atoms with E-state index in [1.54, 1.807) is 0 Å². The average Bonchev–Trinajstić information content (AvgIpc) is 3.36. The van der Waals surface area contributed by atoms with E-state index >= 15 is 0 Å². The van der Waals surface area contributed by atoms with E-state index in [2.05, 4.69) is 10.6 Å². The van der Waals surface area contributed by atoms with E-state index in [4.69, 9.17) is 14.2 Å². The summed E-state index contributed by atoms with van der Waals surface area (Å²) in [6, 6.07) is 8.66. The van der Waals surface area contributed by atoms with Crippen LogP contribution in [0.5, 0.6) is 11.5 Å². The van der Waals surface area contributed by atoms with E-state index in [0.29, 0.717) is 17.2 Å². The number of carbonyl (C=O) groups excluding carboxylic acids is 3. The topological polar surface area (TPSA) is 103 Å². The van der Waals surface area contributed by atoms with Gasteiger partial charge in [-0.05, 0) is 44.7 Å². The number of hydrogen-bond donors (Lipinski definition) is 2. The van der Waals surface area contributed by atoms with Crippen LogP contribution >= 0.6 is 0 Å². The Morgan fingerprint density at radius 1 is 0.941 bits per heavy atom. The highest BCUT2D eigenvalue weighted by Gasteiger charge is 2.27. The Morgan fingerprint density at radius 2 is 1.53 bits per heavy atom. The van der Waals surface area contributed by atoms with Crippen molar-refractivity contribution in [3.8, 4) is 11.5 Å². The third-order valence-corrected chi connectivity index (χ3v) is 6.11. The Labute approximate surface area is 200 Å². The maximum absolute atomic E-state index is 13.1. The van der Waals surface area contributed by atoms with Crippen LogP contribution in [-0.4, -0.2) is 38.1 Å². The molecule has 0 saturated heterocycles. The molecule has 0 spiro atoms. The van der Waals surface area contributed by atoms with E-state index in [0.717, 1.165) is 36.8 Å². The average molecular weight is 469 g/mol. The summed E-state index contributed by atoms with van der Waals surface area (Å²) in [5.74, 6) is -0.796. The summed E-state index contributed by atoms with van der Waals surface area (Å²) in [5, 5.41) is 5.67. The van der Waals surface area contributed by atoms with Crippen LogP contribution in [0.3, 0.4) is 0 Å². The lowest BCUT2D eigenvalue weighted by Crippen LogP contribution is -2.31. The number of carbonyl (C=O) groups is 3. The number of benzene rings is 2. The summed E-state index contributed by atoms with van der Waals surface area (Å²) >= 11 is 0. The number of methoxy groups -OCH3 is 2. The Kier molecular flexibility index (Phi) is 8.15. The Bertz CT molecular complexity index is 1050. The van der Waals surface area contributed by atoms with Crippen LogP contribution in [0.2, 0.25) is 0 Å². The van der Waals surface area contributed by atoms with Crippen molar-refractivity contribution in [3.05, 3.63) is 47.0 Å². The van der Waals surface area contributed by atoms with Gasteiger partial charge in [0.25, 0.3) is 5.91 Å². The number of amides is 2. The van der Waals surface area contributed by atoms with Crippen molar-refractivity contribution in [2.24, 2.45) is 5.92 Å². The van der Waals surface area contributed by atoms with Gasteiger partial charge in [0.1, 0.15) is 0 Å². The lowest BCUT2D eigenvalue weighted by molar-refractivity contribution is -0.124. The van der Waals surface area contributed by atoms with Crippen LogP contribution in [-0.2, 0) is 14.3 Å². The van der Waals surface area contributed by atoms with Crippen molar-refractivity contribution in [1.29, 1.82) is 0 Å². The van der Waals surface area contributed by atoms with Crippen molar-refractivity contribution in [2.45, 2.75) is 52.6 Å². The molecule has 1 atom stereocenters. The first-order chi connectivity index (χ1) is 16.2. The van der Waals surface area contributed by atoms with Gasteiger partial charge in [0, 0.05) is 23.7 Å². The predicted octanol–water partition coefficient (Wildman–Crippen LogP) is 4.63. The molecule has 2 aromatic rings. The molecule has 3 rings (SSSR count). The minimum absolute atomic E-state index is 0.0794. The maximum Gasteiger partial charge on any atom is 0.341 e. The fourth-order valence-corrected chi connectivity index (χ4v) is 4.09. The molecule has 8 heteroatoms. The Hall–Kier alpha value is -3.55. The lowest BCUT2D eigenvalue weighted by Gasteiger charge is -2.19. The highest BCUT2D eigenvalue weighted by atomic mass is 16.5. The number of rotatable bonds is 8. The number of nitrogens with one attached hydrogen (secondary N) is 2. The quantitative estimate of drug-likeness (QED) is 0.548. The zero-order valence-corrected chi connectivity index (χ0v) is 20.3. The number of esters is 1. The van der Waals surface area contributed by atoms with Crippen LogP contribution in [0, 0.1) is 19.8 Å². The van der Waals surface area contributed by atoms with Gasteiger partial charge in [-0.15, -0.1) is 0 Å². The molecule has 1 unspecified atom stereocenters. The van der Waals surface area contributed by atoms with E-state index in [9.17, 15) is 14.4 Å². The predicted molar refractivity (Wildman–Crippen MR) is 130 cm³/mol. The molecule has 34 heavy (non-hydrogen) atoms. The van der Waals surface area contributed by atoms with Crippen molar-refractivity contribution in [2.75, 3.05) is 24.9 Å². The minimum Gasteiger partial charge on any atom is -0.493 e. The van der Waals surface area contributed by atoms with Crippen LogP contribution in [0.4, 0.5) is 11.4 Å². The van der Waals surface area contributed by atoms with Gasteiger partial charge in [0.05, 0.1) is 25.5 Å². The van der Waals surface area contributed by atoms with Gasteiger partial charge < -0.3 is 24.8 Å². The first-order valence-corrected chi connectivity index (χ1v) is 11.4. The smallest absolute Gasteiger partial charge is 0.341 e. The summed E-state index contributed by atoms with van der Waals surface area (Å²) in [4.78, 5) is 38.6. The monoisotopic (exact) mass is 468 g/mol. The maximum atomic E-state index is 13.1. The molecular formula is C26H32N2O6. The molecule has 2 N–H and O–H groups in total. The number of para-hydroxylation sites is 1. The van der Waals surface area contributed by atoms with Crippen molar-refractivity contribution < 1.29 is 28.6 Å². The second kappa shape index (κ2) is 11.0. The summed E-state index contributed by atoms with van der Waals surface area (Å²) in [6.45, 7) is 5.28. The van der Waals surface area contributed by atoms with E-state index in [-0.39, 0.29) is 23.1 Å². The van der Waals surface area contributed by atoms with Gasteiger partial charge >= 0.3 is 5.97 Å². The second-order valence-corrected chi connectivity index (χ2v) is 8.53. The molecule has 1 fully saturated rings. The fraction of sp³-hybridized carbons (Fsp3) is 0.423. The van der Waals surface area contributed by atoms with Crippen molar-refractivity contribution >= 4 is 29.2 Å². The Balaban J connectivity index is 1.81. The van der Waals surface area contributed by atoms with Gasteiger partial charge in [-0.3, -0.25) is 9.59 Å². The van der Waals surface area contributed by atoms with Crippen LogP contribution in [0.25, 0.3) is 0 Å². The number of aryl methyl sites for hydroxylation is 2. The third-order valence-electron chi connectivity index (χ3n) is 6.11. The molecule has 182 valence electrons. The molecule has 0 heterocycles. The molecule has 0 bridgehead atoms. The van der Waals surface area contributed by atoms with E-state index in [1.165, 1.54) is 33.3 Å². The second-order valence-electron chi connectivity index (χ2n) is 8.53. The first kappa shape index (κ1) is 25.1. The summed E-state index contributed by atoms with van der Waals surface area (Å²) in [6.07, 6.45) is 2.57. The molecule has 1 aliphatic carbocycles. The van der Waals surface area contributed by atoms with E-state index in [1.807, 2.05) is 32.0 Å². The zero-order chi connectivity index (χ0) is 24.8. The molecule has 2 amide bonds. The standard InChI is InChI=1S/C26H32N2O6/c1-15-9-8-10-16(2)23(15)28-24(29)17(3)34-26(31)19-13-21(32-4)22(33-5)14-20(19)27-25(30)18-11-6-7-12-18/h8-10,13-14,17-18H,6-7,11-12H2,1-5H3,(H,27,30)(H,28,29). The third kappa shape index (κ3) is 5.68. The Morgan fingerprint density at radius 3 is 2.12 bits per heavy atom. The highest BCUT2D eigenvalue weighted by molar-refractivity contribution is 6.04. The lowest BCUT2D eigenvalue weighted by atomic mass is 10.1. The van der Waals surface area contributed by atoms with Crippen molar-refractivity contribution in [1.82, 2.24) is 0 Å². The SMILES string of the molecule is COc1cc(NC(=O)C2CCCC2)c(C(=O)OC(C)C(=O)Nc2c(C)cccc2C)cc1OC. The molecule has 0 aromatic heterocycles. The van der Waals surface area contributed by atoms with Crippen LogP contribution < -0.4 is 20.1 Å². The minimum atomic E-state index is -1.07. The molecule has 0 radical (unpaired) electrons. The van der Waals surface area contributed by atoms with Crippen LogP contribution in [0.1, 0.15) is 54.1 Å². The van der Waals surface area contributed by atoms with Gasteiger partial charge in [-0.2, -0.15) is 0 Å². The summed E-state index contributed by atoms with van der Waals surface area (Å²) < 4.78 is 16.1. The van der Waals surface area contributed by atoms with Gasteiger partial charge in [0.15, 0.2) is 17.6 Å². The largest absolute Gasteiger partial charge is 0.493 e. The zero-order valence-electron chi connectivity index (χ0n) is 20.3. The molecule has 8 nitrogen and oxygen atoms in total. The summed E-state index contributed by atoms with van der Waals surface area (Å²) in [7, 11) is 2.92. The van der Waals surface area contributed by atoms with Gasteiger partial charge in [-0.1, -0.05) is 31.0 Å². The van der Waals surface area contributed by atoms with Crippen LogP contribution in [0.15, 0.2) is 30.3 Å². The molecule has 2 aromatic carbocycles. The molecule has 1 saturated carbocycles. The molecular weight excluding hydrogens is 436 g/mol. The van der Waals surface area contributed by atoms with E-state index < -0.39 is 18.0 Å². The number of ether oxygens (including phenoxy) is 3. The first-order valence-electron chi connectivity index (χ1n) is 11.4. The number of anilines is 2.